The zero-order chi connectivity index (χ0) is 14.7. The quantitative estimate of drug-likeness (QED) is 0.897. The Morgan fingerprint density at radius 3 is 2.86 bits per heavy atom. The number of anilines is 1. The molecule has 114 valence electrons. The van der Waals surface area contributed by atoms with E-state index in [0.29, 0.717) is 12.6 Å². The molecule has 0 amide bonds. The van der Waals surface area contributed by atoms with Gasteiger partial charge in [0, 0.05) is 32.3 Å². The Morgan fingerprint density at radius 2 is 2.19 bits per heavy atom. The van der Waals surface area contributed by atoms with Crippen molar-refractivity contribution >= 4 is 11.4 Å². The van der Waals surface area contributed by atoms with E-state index < -0.39 is 0 Å². The third-order valence-electron chi connectivity index (χ3n) is 4.26. The Morgan fingerprint density at radius 1 is 1.38 bits per heavy atom. The van der Waals surface area contributed by atoms with Crippen molar-refractivity contribution in [2.75, 3.05) is 31.7 Å². The van der Waals surface area contributed by atoms with Gasteiger partial charge in [-0.25, -0.2) is 0 Å². The van der Waals surface area contributed by atoms with Crippen LogP contribution in [0.25, 0.3) is 0 Å². The number of hydrogen-bond donors (Lipinski definition) is 1. The van der Waals surface area contributed by atoms with Gasteiger partial charge in [0.25, 0.3) is 0 Å². The van der Waals surface area contributed by atoms with E-state index in [-0.39, 0.29) is 6.10 Å². The monoisotopic (exact) mass is 289 g/mol. The van der Waals surface area contributed by atoms with Crippen molar-refractivity contribution in [2.24, 2.45) is 10.9 Å². The first-order valence-corrected chi connectivity index (χ1v) is 7.60. The fraction of sp³-hybridized carbons (Fsp3) is 0.562. The molecule has 0 bridgehead atoms. The molecule has 21 heavy (non-hydrogen) atoms. The second kappa shape index (κ2) is 6.45. The number of methoxy groups -OCH3 is 1. The number of ether oxygens (including phenoxy) is 1. The maximum atomic E-state index is 5.61. The third kappa shape index (κ3) is 3.04. The van der Waals surface area contributed by atoms with Crippen molar-refractivity contribution in [1.29, 1.82) is 0 Å². The number of nitrogens with two attached hydrogens (primary N) is 1. The normalized spacial score (nSPS) is 25.0. The highest BCUT2D eigenvalue weighted by Gasteiger charge is 2.25. The number of benzene rings is 1. The van der Waals surface area contributed by atoms with E-state index in [1.54, 1.807) is 7.11 Å². The SMILES string of the molecule is COCC1CCCN1c1ccc(C2=NOC(CN)C2)cc1. The largest absolute Gasteiger partial charge is 0.390 e. The molecule has 2 atom stereocenters. The molecular weight excluding hydrogens is 266 g/mol. The summed E-state index contributed by atoms with van der Waals surface area (Å²) in [6, 6.07) is 9.08. The van der Waals surface area contributed by atoms with Gasteiger partial charge in [-0.2, -0.15) is 0 Å². The van der Waals surface area contributed by atoms with Crippen molar-refractivity contribution in [2.45, 2.75) is 31.4 Å². The Hall–Kier alpha value is -1.59. The maximum absolute atomic E-state index is 5.61. The average molecular weight is 289 g/mol. The molecule has 5 nitrogen and oxygen atoms in total. The van der Waals surface area contributed by atoms with Crippen LogP contribution in [0, 0.1) is 0 Å². The molecular formula is C16H23N3O2. The third-order valence-corrected chi connectivity index (χ3v) is 4.26. The van der Waals surface area contributed by atoms with Gasteiger partial charge in [0.2, 0.25) is 0 Å². The van der Waals surface area contributed by atoms with Gasteiger partial charge in [0.1, 0.15) is 6.10 Å². The Balaban J connectivity index is 1.70. The summed E-state index contributed by atoms with van der Waals surface area (Å²) in [5.41, 5.74) is 8.98. The van der Waals surface area contributed by atoms with Gasteiger partial charge < -0.3 is 20.2 Å². The summed E-state index contributed by atoms with van der Waals surface area (Å²) in [5.74, 6) is 0. The lowest BCUT2D eigenvalue weighted by Crippen LogP contribution is -2.32. The molecule has 1 aromatic carbocycles. The molecule has 1 saturated heterocycles. The second-order valence-corrected chi connectivity index (χ2v) is 5.70. The number of oxime groups is 1. The highest BCUT2D eigenvalue weighted by atomic mass is 16.6. The first kappa shape index (κ1) is 14.4. The van der Waals surface area contributed by atoms with Gasteiger partial charge in [-0.05, 0) is 30.5 Å². The fourth-order valence-corrected chi connectivity index (χ4v) is 3.11. The summed E-state index contributed by atoms with van der Waals surface area (Å²) in [4.78, 5) is 7.72. The van der Waals surface area contributed by atoms with Crippen molar-refractivity contribution in [3.05, 3.63) is 29.8 Å². The van der Waals surface area contributed by atoms with Crippen LogP contribution in [-0.2, 0) is 9.57 Å². The summed E-state index contributed by atoms with van der Waals surface area (Å²) < 4.78 is 5.32. The predicted molar refractivity (Wildman–Crippen MR) is 83.8 cm³/mol. The summed E-state index contributed by atoms with van der Waals surface area (Å²) in [5, 5.41) is 4.13. The average Bonchev–Trinajstić information content (AvgIpc) is 3.17. The van der Waals surface area contributed by atoms with Gasteiger partial charge in [-0.1, -0.05) is 17.3 Å². The maximum Gasteiger partial charge on any atom is 0.145 e. The van der Waals surface area contributed by atoms with Crippen LogP contribution in [0.4, 0.5) is 5.69 Å². The van der Waals surface area contributed by atoms with E-state index >= 15 is 0 Å². The summed E-state index contributed by atoms with van der Waals surface area (Å²) in [6.07, 6.45) is 3.26. The van der Waals surface area contributed by atoms with Crippen LogP contribution in [0.3, 0.4) is 0 Å². The minimum atomic E-state index is 0.0318. The van der Waals surface area contributed by atoms with Crippen molar-refractivity contribution in [1.82, 2.24) is 0 Å². The van der Waals surface area contributed by atoms with E-state index in [0.717, 1.165) is 30.8 Å². The zero-order valence-electron chi connectivity index (χ0n) is 12.5. The van der Waals surface area contributed by atoms with Crippen LogP contribution < -0.4 is 10.6 Å². The molecule has 1 fully saturated rings. The molecule has 0 aliphatic carbocycles. The van der Waals surface area contributed by atoms with Gasteiger partial charge in [-0.3, -0.25) is 0 Å². The first-order chi connectivity index (χ1) is 10.3. The van der Waals surface area contributed by atoms with Crippen molar-refractivity contribution in [3.8, 4) is 0 Å². The van der Waals surface area contributed by atoms with Crippen molar-refractivity contribution in [3.63, 3.8) is 0 Å². The highest BCUT2D eigenvalue weighted by molar-refractivity contribution is 6.01. The molecule has 2 unspecified atom stereocenters. The van der Waals surface area contributed by atoms with Crippen LogP contribution in [0.15, 0.2) is 29.4 Å². The lowest BCUT2D eigenvalue weighted by atomic mass is 10.0. The molecule has 2 heterocycles. The number of hydrogen-bond acceptors (Lipinski definition) is 5. The molecule has 0 saturated carbocycles. The Bertz CT molecular complexity index is 501. The molecule has 0 radical (unpaired) electrons. The summed E-state index contributed by atoms with van der Waals surface area (Å²) in [7, 11) is 1.77. The Kier molecular flexibility index (Phi) is 4.41. The zero-order valence-corrected chi connectivity index (χ0v) is 12.5. The smallest absolute Gasteiger partial charge is 0.145 e. The van der Waals surface area contributed by atoms with Crippen LogP contribution >= 0.6 is 0 Å². The predicted octanol–water partition coefficient (Wildman–Crippen LogP) is 1.75. The second-order valence-electron chi connectivity index (χ2n) is 5.70. The van der Waals surface area contributed by atoms with E-state index in [4.69, 9.17) is 15.3 Å². The molecule has 2 aliphatic rings. The molecule has 3 rings (SSSR count). The Labute approximate surface area is 125 Å². The summed E-state index contributed by atoms with van der Waals surface area (Å²) in [6.45, 7) is 2.41. The summed E-state index contributed by atoms with van der Waals surface area (Å²) >= 11 is 0. The highest BCUT2D eigenvalue weighted by Crippen LogP contribution is 2.27. The molecule has 0 aromatic heterocycles. The topological polar surface area (TPSA) is 60.1 Å². The van der Waals surface area contributed by atoms with Crippen LogP contribution in [0.5, 0.6) is 0 Å². The van der Waals surface area contributed by atoms with Gasteiger partial charge >= 0.3 is 0 Å². The number of rotatable bonds is 5. The first-order valence-electron chi connectivity index (χ1n) is 7.60. The molecule has 2 N–H and O–H groups in total. The lowest BCUT2D eigenvalue weighted by molar-refractivity contribution is 0.0918. The molecule has 2 aliphatic heterocycles. The standard InChI is InChI=1S/C16H23N3O2/c1-20-11-14-3-2-8-19(14)13-6-4-12(5-7-13)16-9-15(10-17)21-18-16/h4-7,14-15H,2-3,8-11,17H2,1H3. The molecule has 1 aromatic rings. The molecule has 0 spiro atoms. The lowest BCUT2D eigenvalue weighted by Gasteiger charge is -2.26. The van der Waals surface area contributed by atoms with Crippen LogP contribution in [0.2, 0.25) is 0 Å². The fourth-order valence-electron chi connectivity index (χ4n) is 3.11. The van der Waals surface area contributed by atoms with Crippen molar-refractivity contribution < 1.29 is 9.57 Å². The van der Waals surface area contributed by atoms with E-state index in [2.05, 4.69) is 34.3 Å². The van der Waals surface area contributed by atoms with Gasteiger partial charge in [-0.15, -0.1) is 0 Å². The van der Waals surface area contributed by atoms with Crippen LogP contribution in [0.1, 0.15) is 24.8 Å². The van der Waals surface area contributed by atoms with E-state index in [1.807, 2.05) is 0 Å². The minimum absolute atomic E-state index is 0.0318. The van der Waals surface area contributed by atoms with E-state index in [9.17, 15) is 0 Å². The number of nitrogens with zero attached hydrogens (tertiary/aromatic N) is 2. The van der Waals surface area contributed by atoms with E-state index in [1.165, 1.54) is 18.5 Å². The van der Waals surface area contributed by atoms with Crippen LogP contribution in [-0.4, -0.2) is 44.7 Å². The minimum Gasteiger partial charge on any atom is -0.390 e. The molecule has 5 heteroatoms. The van der Waals surface area contributed by atoms with Gasteiger partial charge in [0.15, 0.2) is 0 Å². The van der Waals surface area contributed by atoms with Gasteiger partial charge in [0.05, 0.1) is 18.4 Å².